The van der Waals surface area contributed by atoms with E-state index < -0.39 is 11.7 Å². The van der Waals surface area contributed by atoms with E-state index in [0.717, 1.165) is 12.3 Å². The van der Waals surface area contributed by atoms with Crippen LogP contribution in [0.1, 0.15) is 11.3 Å². The SMILES string of the molecule is N#Cc1cnc(Nc2ncc(-c3ccc(C(F)(F)F)cn3)o2)cn1. The van der Waals surface area contributed by atoms with Crippen molar-refractivity contribution < 1.29 is 17.6 Å². The number of rotatable bonds is 3. The molecule has 1 N–H and O–H groups in total. The fourth-order valence-electron chi connectivity index (χ4n) is 1.72. The molecule has 3 aromatic rings. The van der Waals surface area contributed by atoms with Crippen LogP contribution in [0.5, 0.6) is 0 Å². The van der Waals surface area contributed by atoms with Crippen LogP contribution >= 0.6 is 0 Å². The molecule has 24 heavy (non-hydrogen) atoms. The molecule has 3 rings (SSSR count). The van der Waals surface area contributed by atoms with Crippen molar-refractivity contribution in [3.8, 4) is 17.5 Å². The van der Waals surface area contributed by atoms with Crippen molar-refractivity contribution in [2.45, 2.75) is 6.18 Å². The van der Waals surface area contributed by atoms with E-state index in [9.17, 15) is 13.2 Å². The summed E-state index contributed by atoms with van der Waals surface area (Å²) in [5.74, 6) is 0.482. The molecule has 0 unspecified atom stereocenters. The van der Waals surface area contributed by atoms with Crippen LogP contribution in [0.3, 0.4) is 0 Å². The number of nitrogens with zero attached hydrogens (tertiary/aromatic N) is 5. The Bertz CT molecular complexity index is 881. The Morgan fingerprint density at radius 2 is 1.83 bits per heavy atom. The summed E-state index contributed by atoms with van der Waals surface area (Å²) in [6.45, 7) is 0. The Balaban J connectivity index is 1.76. The van der Waals surface area contributed by atoms with E-state index in [-0.39, 0.29) is 23.2 Å². The fourth-order valence-corrected chi connectivity index (χ4v) is 1.72. The van der Waals surface area contributed by atoms with Gasteiger partial charge >= 0.3 is 12.2 Å². The van der Waals surface area contributed by atoms with Crippen molar-refractivity contribution in [2.24, 2.45) is 0 Å². The van der Waals surface area contributed by atoms with Gasteiger partial charge in [-0.2, -0.15) is 18.4 Å². The molecule has 7 nitrogen and oxygen atoms in total. The Labute approximate surface area is 132 Å². The van der Waals surface area contributed by atoms with Crippen molar-refractivity contribution in [1.29, 1.82) is 5.26 Å². The minimum atomic E-state index is -4.45. The van der Waals surface area contributed by atoms with Crippen LogP contribution < -0.4 is 5.32 Å². The number of nitriles is 1. The summed E-state index contributed by atoms with van der Waals surface area (Å²) < 4.78 is 42.9. The lowest BCUT2D eigenvalue weighted by Crippen LogP contribution is -2.05. The largest absolute Gasteiger partial charge is 0.422 e. The zero-order valence-electron chi connectivity index (χ0n) is 11.7. The normalized spacial score (nSPS) is 11.1. The molecule has 0 aliphatic carbocycles. The van der Waals surface area contributed by atoms with E-state index in [0.29, 0.717) is 5.82 Å². The molecule has 0 atom stereocenters. The average Bonchev–Trinajstić information content (AvgIpc) is 3.03. The molecule has 120 valence electrons. The number of hydrogen-bond acceptors (Lipinski definition) is 7. The zero-order valence-corrected chi connectivity index (χ0v) is 11.7. The first kappa shape index (κ1) is 15.4. The van der Waals surface area contributed by atoms with Gasteiger partial charge in [-0.1, -0.05) is 0 Å². The van der Waals surface area contributed by atoms with E-state index in [1.54, 1.807) is 0 Å². The van der Waals surface area contributed by atoms with Crippen LogP contribution in [0.4, 0.5) is 25.0 Å². The first-order chi connectivity index (χ1) is 11.5. The predicted octanol–water partition coefficient (Wildman–Crippen LogP) is 3.16. The fraction of sp³-hybridized carbons (Fsp3) is 0.0714. The first-order valence-corrected chi connectivity index (χ1v) is 6.44. The van der Waals surface area contributed by atoms with E-state index in [1.807, 2.05) is 6.07 Å². The summed E-state index contributed by atoms with van der Waals surface area (Å²) in [6, 6.07) is 3.99. The van der Waals surface area contributed by atoms with Gasteiger partial charge in [-0.25, -0.2) is 15.0 Å². The second-order valence-corrected chi connectivity index (χ2v) is 4.48. The number of pyridine rings is 1. The minimum Gasteiger partial charge on any atom is -0.422 e. The monoisotopic (exact) mass is 332 g/mol. The summed E-state index contributed by atoms with van der Waals surface area (Å²) in [5.41, 5.74) is -0.492. The number of hydrogen-bond donors (Lipinski definition) is 1. The standard InChI is InChI=1S/C14H7F3N6O/c15-14(16,17)8-1-2-10(20-4-8)11-6-22-13(24-11)23-12-7-19-9(3-18)5-21-12/h1-2,4-7H,(H,21,22,23). The highest BCUT2D eigenvalue weighted by molar-refractivity contribution is 5.54. The topological polar surface area (TPSA) is 101 Å². The van der Waals surface area contributed by atoms with Gasteiger partial charge in [-0.3, -0.25) is 10.3 Å². The molecule has 0 radical (unpaired) electrons. The third-order valence-electron chi connectivity index (χ3n) is 2.85. The zero-order chi connectivity index (χ0) is 17.2. The van der Waals surface area contributed by atoms with Crippen LogP contribution in [0.25, 0.3) is 11.5 Å². The molecule has 3 aromatic heterocycles. The molecule has 0 saturated carbocycles. The van der Waals surface area contributed by atoms with Gasteiger partial charge in [0.05, 0.1) is 24.2 Å². The van der Waals surface area contributed by atoms with E-state index in [1.165, 1.54) is 24.7 Å². The van der Waals surface area contributed by atoms with Crippen LogP contribution in [0, 0.1) is 11.3 Å². The molecule has 0 saturated heterocycles. The molecule has 0 aliphatic heterocycles. The Morgan fingerprint density at radius 3 is 2.42 bits per heavy atom. The Kier molecular flexibility index (Phi) is 3.83. The maximum atomic E-state index is 12.5. The maximum absolute atomic E-state index is 12.5. The first-order valence-electron chi connectivity index (χ1n) is 6.44. The molecule has 0 amide bonds. The smallest absolute Gasteiger partial charge is 0.417 e. The van der Waals surface area contributed by atoms with Crippen LogP contribution in [-0.2, 0) is 6.18 Å². The van der Waals surface area contributed by atoms with Gasteiger partial charge in [-0.15, -0.1) is 0 Å². The van der Waals surface area contributed by atoms with Gasteiger partial charge in [0.2, 0.25) is 0 Å². The van der Waals surface area contributed by atoms with Gasteiger partial charge in [-0.05, 0) is 12.1 Å². The number of anilines is 2. The van der Waals surface area contributed by atoms with Gasteiger partial charge < -0.3 is 4.42 Å². The summed E-state index contributed by atoms with van der Waals surface area (Å²) in [5, 5.41) is 11.3. The maximum Gasteiger partial charge on any atom is 0.417 e. The summed E-state index contributed by atoms with van der Waals surface area (Å²) in [6.07, 6.45) is 0.169. The highest BCUT2D eigenvalue weighted by Gasteiger charge is 2.30. The number of oxazole rings is 1. The van der Waals surface area contributed by atoms with Crippen LogP contribution in [-0.4, -0.2) is 19.9 Å². The summed E-state index contributed by atoms with van der Waals surface area (Å²) >= 11 is 0. The third kappa shape index (κ3) is 3.30. The van der Waals surface area contributed by atoms with Crippen molar-refractivity contribution in [2.75, 3.05) is 5.32 Å². The van der Waals surface area contributed by atoms with E-state index in [4.69, 9.17) is 9.68 Å². The molecule has 0 fully saturated rings. The molecule has 3 heterocycles. The van der Waals surface area contributed by atoms with E-state index in [2.05, 4.69) is 25.3 Å². The molecule has 0 aromatic carbocycles. The second-order valence-electron chi connectivity index (χ2n) is 4.48. The summed E-state index contributed by atoms with van der Waals surface area (Å²) in [4.78, 5) is 15.4. The molecular weight excluding hydrogens is 325 g/mol. The molecule has 0 spiro atoms. The summed E-state index contributed by atoms with van der Waals surface area (Å²) in [7, 11) is 0. The van der Waals surface area contributed by atoms with E-state index >= 15 is 0 Å². The second kappa shape index (κ2) is 5.96. The highest BCUT2D eigenvalue weighted by Crippen LogP contribution is 2.30. The van der Waals surface area contributed by atoms with Crippen LogP contribution in [0.15, 0.2) is 41.3 Å². The Hall–Kier alpha value is -3.48. The van der Waals surface area contributed by atoms with Gasteiger partial charge in [0.1, 0.15) is 11.8 Å². The molecular formula is C14H7F3N6O. The molecule has 0 aliphatic rings. The van der Waals surface area contributed by atoms with Crippen molar-refractivity contribution >= 4 is 11.8 Å². The van der Waals surface area contributed by atoms with Gasteiger partial charge in [0.25, 0.3) is 0 Å². The van der Waals surface area contributed by atoms with Gasteiger partial charge in [0, 0.05) is 6.20 Å². The quantitative estimate of drug-likeness (QED) is 0.786. The number of nitrogens with one attached hydrogen (secondary N) is 1. The minimum absolute atomic E-state index is 0.0608. The number of halogens is 3. The van der Waals surface area contributed by atoms with Crippen molar-refractivity contribution in [3.63, 3.8) is 0 Å². The Morgan fingerprint density at radius 1 is 1.00 bits per heavy atom. The third-order valence-corrected chi connectivity index (χ3v) is 2.85. The van der Waals surface area contributed by atoms with Crippen LogP contribution in [0.2, 0.25) is 0 Å². The number of aromatic nitrogens is 4. The lowest BCUT2D eigenvalue weighted by Gasteiger charge is -2.05. The van der Waals surface area contributed by atoms with Crippen molar-refractivity contribution in [3.05, 3.63) is 48.2 Å². The lowest BCUT2D eigenvalue weighted by molar-refractivity contribution is -0.137. The molecule has 0 bridgehead atoms. The molecule has 10 heteroatoms. The number of alkyl halides is 3. The predicted molar refractivity (Wildman–Crippen MR) is 74.8 cm³/mol. The van der Waals surface area contributed by atoms with Gasteiger partial charge in [0.15, 0.2) is 17.3 Å². The average molecular weight is 332 g/mol. The highest BCUT2D eigenvalue weighted by atomic mass is 19.4. The lowest BCUT2D eigenvalue weighted by atomic mass is 10.2. The van der Waals surface area contributed by atoms with Crippen molar-refractivity contribution in [1.82, 2.24) is 19.9 Å².